The number of hydrogen-bond acceptors (Lipinski definition) is 8. The van der Waals surface area contributed by atoms with Crippen LogP contribution in [0.15, 0.2) is 54.7 Å². The number of benzene rings is 2. The fraction of sp³-hybridized carbons (Fsp3) is 0.500. The Kier molecular flexibility index (Phi) is 8.60. The van der Waals surface area contributed by atoms with Gasteiger partial charge >= 0.3 is 0 Å². The molecule has 1 amide bonds. The highest BCUT2D eigenvalue weighted by Crippen LogP contribution is 2.33. The number of carbonyl (C=O) groups excluding carboxylic acids is 1. The molecule has 0 unspecified atom stereocenters. The van der Waals surface area contributed by atoms with Crippen LogP contribution in [0.5, 0.6) is 5.75 Å². The Morgan fingerprint density at radius 2 is 1.66 bits per heavy atom. The van der Waals surface area contributed by atoms with E-state index in [2.05, 4.69) is 54.9 Å². The first-order chi connectivity index (χ1) is 20.1. The quantitative estimate of drug-likeness (QED) is 0.394. The first-order valence-electron chi connectivity index (χ1n) is 15.2. The molecule has 1 aliphatic carbocycles. The first kappa shape index (κ1) is 27.4. The van der Waals surface area contributed by atoms with Gasteiger partial charge in [-0.3, -0.25) is 4.79 Å². The largest absolute Gasteiger partial charge is 0.497 e. The third kappa shape index (κ3) is 6.78. The van der Waals surface area contributed by atoms with Gasteiger partial charge in [0.1, 0.15) is 5.75 Å². The summed E-state index contributed by atoms with van der Waals surface area (Å²) in [5, 5.41) is 15.1. The number of nitrogens with zero attached hydrogens (tertiary/aromatic N) is 5. The highest BCUT2D eigenvalue weighted by molar-refractivity contribution is 5.94. The lowest BCUT2D eigenvalue weighted by Gasteiger charge is -2.36. The zero-order valence-electron chi connectivity index (χ0n) is 24.0. The molecule has 2 N–H and O–H groups in total. The Balaban J connectivity index is 1.02. The number of aromatic nitrogens is 3. The van der Waals surface area contributed by atoms with Crippen LogP contribution in [0.3, 0.4) is 0 Å². The monoisotopic (exact) mass is 555 g/mol. The second kappa shape index (κ2) is 12.9. The highest BCUT2D eigenvalue weighted by Gasteiger charge is 2.28. The van der Waals surface area contributed by atoms with Gasteiger partial charge in [0.2, 0.25) is 5.95 Å². The lowest BCUT2D eigenvalue weighted by Crippen LogP contribution is -2.48. The van der Waals surface area contributed by atoms with Crippen molar-refractivity contribution in [3.8, 4) is 5.75 Å². The molecule has 3 fully saturated rings. The molecule has 1 aromatic heterocycles. The van der Waals surface area contributed by atoms with E-state index in [0.717, 1.165) is 36.9 Å². The molecule has 2 aromatic carbocycles. The standard InChI is InChI=1S/C32H41N7O2/c1-41-29-14-10-25(11-15-29)31(40)35-27-5-4-18-39(22-27)32-36-30(21-33-37-32)34-26-12-8-23(9-13-26)24-16-19-38(20-17-24)28-6-2-3-7-28/h8-15,21,24,27-28H,2-7,16-20,22H2,1H3,(H,35,40)(H,34,36,37)/t27-/m1/s1. The predicted molar refractivity (Wildman–Crippen MR) is 161 cm³/mol. The van der Waals surface area contributed by atoms with Gasteiger partial charge in [-0.2, -0.15) is 10.1 Å². The third-order valence-electron chi connectivity index (χ3n) is 8.96. The number of ether oxygens (including phenoxy) is 1. The van der Waals surface area contributed by atoms with Crippen molar-refractivity contribution in [1.82, 2.24) is 25.4 Å². The van der Waals surface area contributed by atoms with E-state index in [1.165, 1.54) is 57.2 Å². The molecule has 9 heteroatoms. The highest BCUT2D eigenvalue weighted by atomic mass is 16.5. The van der Waals surface area contributed by atoms with Crippen molar-refractivity contribution < 1.29 is 9.53 Å². The minimum absolute atomic E-state index is 0.0103. The summed E-state index contributed by atoms with van der Waals surface area (Å²) in [4.78, 5) is 22.4. The van der Waals surface area contributed by atoms with E-state index in [1.807, 2.05) is 0 Å². The van der Waals surface area contributed by atoms with Gasteiger partial charge in [0, 0.05) is 36.4 Å². The van der Waals surface area contributed by atoms with Crippen LogP contribution in [-0.4, -0.2) is 71.4 Å². The zero-order chi connectivity index (χ0) is 28.0. The SMILES string of the molecule is COc1ccc(C(=O)N[C@@H]2CCCN(c3nncc(Nc4ccc(C5CCN(C6CCCC6)CC5)cc4)n3)C2)cc1. The van der Waals surface area contributed by atoms with E-state index >= 15 is 0 Å². The van der Waals surface area contributed by atoms with Crippen molar-refractivity contribution in [2.24, 2.45) is 0 Å². The number of likely N-dealkylation sites (tertiary alicyclic amines) is 1. The first-order valence-corrected chi connectivity index (χ1v) is 15.2. The summed E-state index contributed by atoms with van der Waals surface area (Å²) in [6, 6.07) is 16.8. The van der Waals surface area contributed by atoms with E-state index in [-0.39, 0.29) is 11.9 Å². The smallest absolute Gasteiger partial charge is 0.251 e. The topological polar surface area (TPSA) is 95.5 Å². The van der Waals surface area contributed by atoms with E-state index in [4.69, 9.17) is 9.72 Å². The molecular formula is C32H41N7O2. The van der Waals surface area contributed by atoms with Crippen LogP contribution in [0, 0.1) is 0 Å². The number of amides is 1. The minimum Gasteiger partial charge on any atom is -0.497 e. The van der Waals surface area contributed by atoms with Gasteiger partial charge in [-0.15, -0.1) is 5.10 Å². The van der Waals surface area contributed by atoms with Gasteiger partial charge < -0.3 is 25.2 Å². The molecule has 2 aliphatic heterocycles. The summed E-state index contributed by atoms with van der Waals surface area (Å²) < 4.78 is 5.19. The average Bonchev–Trinajstić information content (AvgIpc) is 3.57. The fourth-order valence-corrected chi connectivity index (χ4v) is 6.63. The molecule has 1 saturated carbocycles. The summed E-state index contributed by atoms with van der Waals surface area (Å²) in [6.07, 6.45) is 11.6. The van der Waals surface area contributed by atoms with Crippen LogP contribution in [0.1, 0.15) is 73.2 Å². The zero-order valence-corrected chi connectivity index (χ0v) is 24.0. The van der Waals surface area contributed by atoms with Crippen molar-refractivity contribution in [1.29, 1.82) is 0 Å². The normalized spacial score (nSPS) is 20.6. The summed E-state index contributed by atoms with van der Waals surface area (Å²) in [5.74, 6) is 2.53. The molecule has 0 spiro atoms. The van der Waals surface area contributed by atoms with Crippen LogP contribution in [0.4, 0.5) is 17.5 Å². The van der Waals surface area contributed by atoms with Crippen molar-refractivity contribution >= 4 is 23.4 Å². The fourth-order valence-electron chi connectivity index (χ4n) is 6.63. The van der Waals surface area contributed by atoms with Crippen molar-refractivity contribution in [3.05, 3.63) is 65.9 Å². The Morgan fingerprint density at radius 1 is 0.902 bits per heavy atom. The van der Waals surface area contributed by atoms with Gasteiger partial charge in [0.05, 0.1) is 13.3 Å². The molecule has 41 heavy (non-hydrogen) atoms. The molecule has 3 heterocycles. The molecule has 216 valence electrons. The summed E-state index contributed by atoms with van der Waals surface area (Å²) in [6.45, 7) is 3.93. The second-order valence-corrected chi connectivity index (χ2v) is 11.6. The lowest BCUT2D eigenvalue weighted by molar-refractivity contribution is 0.0933. The van der Waals surface area contributed by atoms with Gasteiger partial charge in [-0.05, 0) is 99.5 Å². The Hall–Kier alpha value is -3.72. The summed E-state index contributed by atoms with van der Waals surface area (Å²) >= 11 is 0. The lowest BCUT2D eigenvalue weighted by atomic mass is 9.88. The number of anilines is 3. The van der Waals surface area contributed by atoms with Crippen molar-refractivity contribution in [2.45, 2.75) is 69.4 Å². The van der Waals surface area contributed by atoms with Crippen molar-refractivity contribution in [2.75, 3.05) is 43.5 Å². The van der Waals surface area contributed by atoms with Crippen LogP contribution >= 0.6 is 0 Å². The van der Waals surface area contributed by atoms with E-state index < -0.39 is 0 Å². The van der Waals surface area contributed by atoms with E-state index in [1.54, 1.807) is 37.6 Å². The van der Waals surface area contributed by atoms with Gasteiger partial charge in [0.15, 0.2) is 5.82 Å². The molecule has 6 rings (SSSR count). The Morgan fingerprint density at radius 3 is 2.39 bits per heavy atom. The molecule has 3 aliphatic rings. The number of piperidine rings is 2. The van der Waals surface area contributed by atoms with Crippen LogP contribution < -0.4 is 20.3 Å². The van der Waals surface area contributed by atoms with E-state index in [9.17, 15) is 4.79 Å². The Labute approximate surface area is 242 Å². The molecule has 1 atom stereocenters. The van der Waals surface area contributed by atoms with E-state index in [0.29, 0.717) is 29.8 Å². The number of nitrogens with one attached hydrogen (secondary N) is 2. The third-order valence-corrected chi connectivity index (χ3v) is 8.96. The molecule has 2 saturated heterocycles. The van der Waals surface area contributed by atoms with Gasteiger partial charge in [-0.25, -0.2) is 0 Å². The van der Waals surface area contributed by atoms with Crippen LogP contribution in [0.25, 0.3) is 0 Å². The predicted octanol–water partition coefficient (Wildman–Crippen LogP) is 5.14. The Bertz CT molecular complexity index is 1290. The van der Waals surface area contributed by atoms with Gasteiger partial charge in [-0.1, -0.05) is 25.0 Å². The molecular weight excluding hydrogens is 514 g/mol. The molecule has 3 aromatic rings. The van der Waals surface area contributed by atoms with Gasteiger partial charge in [0.25, 0.3) is 5.91 Å². The summed E-state index contributed by atoms with van der Waals surface area (Å²) in [7, 11) is 1.62. The van der Waals surface area contributed by atoms with Crippen LogP contribution in [-0.2, 0) is 0 Å². The number of methoxy groups -OCH3 is 1. The molecule has 0 bridgehead atoms. The van der Waals surface area contributed by atoms with Crippen LogP contribution in [0.2, 0.25) is 0 Å². The maximum atomic E-state index is 12.8. The average molecular weight is 556 g/mol. The summed E-state index contributed by atoms with van der Waals surface area (Å²) in [5.41, 5.74) is 3.04. The maximum Gasteiger partial charge on any atom is 0.251 e. The minimum atomic E-state index is -0.0863. The maximum absolute atomic E-state index is 12.8. The number of carbonyl (C=O) groups is 1. The molecule has 0 radical (unpaired) electrons. The number of rotatable bonds is 8. The van der Waals surface area contributed by atoms with Crippen molar-refractivity contribution in [3.63, 3.8) is 0 Å². The molecule has 9 nitrogen and oxygen atoms in total. The second-order valence-electron chi connectivity index (χ2n) is 11.6. The number of hydrogen-bond donors (Lipinski definition) is 2.